The number of aromatic hydroxyl groups is 1. The van der Waals surface area contributed by atoms with Crippen molar-refractivity contribution in [3.8, 4) is 23.0 Å². The molecular weight excluding hydrogens is 399 g/mol. The fourth-order valence-corrected chi connectivity index (χ4v) is 3.59. The van der Waals surface area contributed by atoms with Crippen LogP contribution in [0.3, 0.4) is 0 Å². The highest BCUT2D eigenvalue weighted by atomic mass is 35.5. The van der Waals surface area contributed by atoms with Crippen molar-refractivity contribution < 1.29 is 19.3 Å². The topological polar surface area (TPSA) is 73.2 Å². The number of nitrogens with zero attached hydrogens (tertiary/aromatic N) is 2. The van der Waals surface area contributed by atoms with E-state index in [0.717, 1.165) is 4.70 Å². The zero-order valence-electron chi connectivity index (χ0n) is 14.0. The highest BCUT2D eigenvalue weighted by molar-refractivity contribution is 7.22. The zero-order chi connectivity index (χ0) is 18.8. The Morgan fingerprint density at radius 3 is 2.38 bits per heavy atom. The van der Waals surface area contributed by atoms with Crippen molar-refractivity contribution in [2.45, 2.75) is 0 Å². The molecule has 1 heterocycles. The Balaban J connectivity index is 2.06. The van der Waals surface area contributed by atoms with Gasteiger partial charge < -0.3 is 19.3 Å². The fourth-order valence-electron chi connectivity index (χ4n) is 2.35. The number of phenols is 1. The predicted molar refractivity (Wildman–Crippen MR) is 105 cm³/mol. The molecule has 0 fully saturated rings. The molecule has 26 heavy (non-hydrogen) atoms. The van der Waals surface area contributed by atoms with E-state index >= 15 is 0 Å². The second kappa shape index (κ2) is 7.57. The molecule has 136 valence electrons. The molecular formula is C17H14Cl2N2O4S. The first kappa shape index (κ1) is 18.6. The lowest BCUT2D eigenvalue weighted by atomic mass is 10.2. The van der Waals surface area contributed by atoms with E-state index in [4.69, 9.17) is 37.4 Å². The predicted octanol–water partition coefficient (Wildman–Crippen LogP) is 5.09. The third kappa shape index (κ3) is 3.38. The number of thiazole rings is 1. The number of rotatable bonds is 5. The fraction of sp³-hybridized carbons (Fsp3) is 0.176. The van der Waals surface area contributed by atoms with Gasteiger partial charge in [0.1, 0.15) is 10.4 Å². The summed E-state index contributed by atoms with van der Waals surface area (Å²) in [6.45, 7) is 0. The molecule has 0 aliphatic carbocycles. The third-order valence-electron chi connectivity index (χ3n) is 3.56. The van der Waals surface area contributed by atoms with Gasteiger partial charge >= 0.3 is 0 Å². The number of aliphatic imine (C=N–C) groups is 1. The van der Waals surface area contributed by atoms with Crippen molar-refractivity contribution >= 4 is 56.1 Å². The summed E-state index contributed by atoms with van der Waals surface area (Å²) in [6, 6.07) is 4.65. The molecule has 6 nitrogen and oxygen atoms in total. The van der Waals surface area contributed by atoms with Crippen LogP contribution in [-0.2, 0) is 0 Å². The molecule has 0 saturated carbocycles. The maximum Gasteiger partial charge on any atom is 0.210 e. The van der Waals surface area contributed by atoms with Crippen molar-refractivity contribution in [2.24, 2.45) is 4.99 Å². The lowest BCUT2D eigenvalue weighted by Gasteiger charge is -2.11. The monoisotopic (exact) mass is 412 g/mol. The molecule has 0 radical (unpaired) electrons. The van der Waals surface area contributed by atoms with Crippen LogP contribution in [0.25, 0.3) is 10.2 Å². The average molecular weight is 413 g/mol. The molecule has 3 aromatic rings. The lowest BCUT2D eigenvalue weighted by molar-refractivity contribution is 0.327. The lowest BCUT2D eigenvalue weighted by Crippen LogP contribution is -1.94. The SMILES string of the molecule is COc1cc2nc(/N=C/c3cc(Cl)c(Cl)cc3O)sc2c(OC)c1OC. The van der Waals surface area contributed by atoms with Gasteiger partial charge in [-0.2, -0.15) is 0 Å². The van der Waals surface area contributed by atoms with Gasteiger partial charge in [0.25, 0.3) is 0 Å². The van der Waals surface area contributed by atoms with Gasteiger partial charge in [-0.05, 0) is 6.07 Å². The van der Waals surface area contributed by atoms with Crippen LogP contribution >= 0.6 is 34.5 Å². The Hall–Kier alpha value is -2.22. The number of fused-ring (bicyclic) bond motifs is 1. The maximum atomic E-state index is 9.95. The van der Waals surface area contributed by atoms with Gasteiger partial charge in [-0.15, -0.1) is 0 Å². The molecule has 1 N–H and O–H groups in total. The summed E-state index contributed by atoms with van der Waals surface area (Å²) >= 11 is 13.2. The summed E-state index contributed by atoms with van der Waals surface area (Å²) in [4.78, 5) is 8.77. The van der Waals surface area contributed by atoms with E-state index in [1.165, 1.54) is 29.7 Å². The molecule has 0 amide bonds. The standard InChI is InChI=1S/C17H14Cl2N2O4S/c1-23-13-6-11-16(15(25-3)14(13)24-2)26-17(21-11)20-7-8-4-9(18)10(19)5-12(8)22/h4-7,22H,1-3H3/b20-7+. The summed E-state index contributed by atoms with van der Waals surface area (Å²) in [5.74, 6) is 1.51. The minimum atomic E-state index is -0.0230. The Kier molecular flexibility index (Phi) is 5.41. The maximum absolute atomic E-state index is 9.95. The molecule has 0 aliphatic rings. The van der Waals surface area contributed by atoms with E-state index < -0.39 is 0 Å². The van der Waals surface area contributed by atoms with Gasteiger partial charge in [-0.25, -0.2) is 9.98 Å². The molecule has 0 unspecified atom stereocenters. The number of aromatic nitrogens is 1. The summed E-state index contributed by atoms with van der Waals surface area (Å²) in [6.07, 6.45) is 1.47. The zero-order valence-corrected chi connectivity index (χ0v) is 16.4. The number of ether oxygens (including phenoxy) is 3. The average Bonchev–Trinajstić information content (AvgIpc) is 3.04. The molecule has 9 heteroatoms. The van der Waals surface area contributed by atoms with Crippen LogP contribution in [0.15, 0.2) is 23.2 Å². The second-order valence-corrected chi connectivity index (χ2v) is 6.87. The normalized spacial score (nSPS) is 11.3. The van der Waals surface area contributed by atoms with Crippen LogP contribution in [0.1, 0.15) is 5.56 Å². The van der Waals surface area contributed by atoms with Crippen LogP contribution in [0.5, 0.6) is 23.0 Å². The van der Waals surface area contributed by atoms with Gasteiger partial charge in [0.15, 0.2) is 11.5 Å². The summed E-state index contributed by atoms with van der Waals surface area (Å²) < 4.78 is 16.9. The van der Waals surface area contributed by atoms with E-state index in [9.17, 15) is 5.11 Å². The molecule has 3 rings (SSSR count). The molecule has 0 aliphatic heterocycles. The molecule has 0 saturated heterocycles. The summed E-state index contributed by atoms with van der Waals surface area (Å²) in [5.41, 5.74) is 1.09. The van der Waals surface area contributed by atoms with Crippen molar-refractivity contribution in [3.63, 3.8) is 0 Å². The smallest absolute Gasteiger partial charge is 0.210 e. The highest BCUT2D eigenvalue weighted by Gasteiger charge is 2.19. The molecule has 0 atom stereocenters. The number of halogens is 2. The van der Waals surface area contributed by atoms with Crippen LogP contribution in [0.4, 0.5) is 5.13 Å². The van der Waals surface area contributed by atoms with Gasteiger partial charge in [-0.1, -0.05) is 34.5 Å². The van der Waals surface area contributed by atoms with Crippen LogP contribution in [-0.4, -0.2) is 37.6 Å². The van der Waals surface area contributed by atoms with Gasteiger partial charge in [0, 0.05) is 23.9 Å². The highest BCUT2D eigenvalue weighted by Crippen LogP contribution is 2.46. The largest absolute Gasteiger partial charge is 0.507 e. The Bertz CT molecular complexity index is 1000. The van der Waals surface area contributed by atoms with Gasteiger partial charge in [0.2, 0.25) is 10.9 Å². The molecule has 1 aromatic heterocycles. The van der Waals surface area contributed by atoms with Crippen molar-refractivity contribution in [3.05, 3.63) is 33.8 Å². The van der Waals surface area contributed by atoms with Crippen LogP contribution in [0.2, 0.25) is 10.0 Å². The van der Waals surface area contributed by atoms with Crippen LogP contribution in [0, 0.1) is 0 Å². The quantitative estimate of drug-likeness (QED) is 0.591. The molecule has 2 aromatic carbocycles. The third-order valence-corrected chi connectivity index (χ3v) is 5.26. The summed E-state index contributed by atoms with van der Waals surface area (Å²) in [5, 5.41) is 11.0. The minimum Gasteiger partial charge on any atom is -0.507 e. The Morgan fingerprint density at radius 1 is 1.04 bits per heavy atom. The van der Waals surface area contributed by atoms with Gasteiger partial charge in [0.05, 0.1) is 36.9 Å². The van der Waals surface area contributed by atoms with E-state index in [1.807, 2.05) is 0 Å². The molecule has 0 bridgehead atoms. The number of benzene rings is 2. The summed E-state index contributed by atoms with van der Waals surface area (Å²) in [7, 11) is 4.63. The first-order chi connectivity index (χ1) is 12.5. The Morgan fingerprint density at radius 2 is 1.73 bits per heavy atom. The van der Waals surface area contributed by atoms with Crippen molar-refractivity contribution in [1.29, 1.82) is 0 Å². The first-order valence-corrected chi connectivity index (χ1v) is 8.87. The van der Waals surface area contributed by atoms with E-state index in [-0.39, 0.29) is 10.8 Å². The van der Waals surface area contributed by atoms with Crippen molar-refractivity contribution in [1.82, 2.24) is 4.98 Å². The van der Waals surface area contributed by atoms with E-state index in [2.05, 4.69) is 9.98 Å². The van der Waals surface area contributed by atoms with E-state index in [0.29, 0.717) is 38.5 Å². The van der Waals surface area contributed by atoms with Crippen molar-refractivity contribution in [2.75, 3.05) is 21.3 Å². The molecule has 0 spiro atoms. The van der Waals surface area contributed by atoms with Gasteiger partial charge in [-0.3, -0.25) is 0 Å². The van der Waals surface area contributed by atoms with Crippen LogP contribution < -0.4 is 14.2 Å². The first-order valence-electron chi connectivity index (χ1n) is 7.30. The number of hydrogen-bond acceptors (Lipinski definition) is 7. The minimum absolute atomic E-state index is 0.0230. The number of hydrogen-bond donors (Lipinski definition) is 1. The number of methoxy groups -OCH3 is 3. The number of phenolic OH excluding ortho intramolecular Hbond substituents is 1. The van der Waals surface area contributed by atoms with E-state index in [1.54, 1.807) is 27.4 Å². The second-order valence-electron chi connectivity index (χ2n) is 5.07. The Labute approximate surface area is 163 Å².